The van der Waals surface area contributed by atoms with Crippen LogP contribution in [0.4, 0.5) is 26.7 Å². The van der Waals surface area contributed by atoms with Crippen LogP contribution < -0.4 is 4.74 Å². The van der Waals surface area contributed by atoms with Crippen molar-refractivity contribution in [3.05, 3.63) is 89.0 Å². The van der Waals surface area contributed by atoms with Crippen LogP contribution in [0.25, 0.3) is 0 Å². The van der Waals surface area contributed by atoms with E-state index in [1.807, 2.05) is 6.08 Å². The fraction of sp³-hybridized carbons (Fsp3) is 0.526. The number of alkyl halides is 3. The van der Waals surface area contributed by atoms with Gasteiger partial charge in [0.15, 0.2) is 17.4 Å². The number of nitrogens with zero attached hydrogens (tertiary/aromatic N) is 1. The van der Waals surface area contributed by atoms with Crippen molar-refractivity contribution in [2.24, 2.45) is 33.5 Å². The summed E-state index contributed by atoms with van der Waals surface area (Å²) in [6, 6.07) is 8.67. The van der Waals surface area contributed by atoms with Crippen molar-refractivity contribution >= 4 is 11.9 Å². The summed E-state index contributed by atoms with van der Waals surface area (Å²) < 4.78 is 76.8. The minimum absolute atomic E-state index is 0.0330. The lowest BCUT2D eigenvalue weighted by Gasteiger charge is -2.71. The van der Waals surface area contributed by atoms with Gasteiger partial charge in [-0.2, -0.15) is 0 Å². The number of hydrogen-bond acceptors (Lipinski definition) is 5. The molecule has 260 valence electrons. The summed E-state index contributed by atoms with van der Waals surface area (Å²) >= 11 is 0. The Morgan fingerprint density at radius 2 is 1.65 bits per heavy atom. The van der Waals surface area contributed by atoms with Crippen LogP contribution in [0.1, 0.15) is 74.7 Å². The number of Topliss-reactive ketones (excluding diaryl/α,β-unsaturated/α-hetero) is 1. The molecule has 9 rings (SSSR count). The molecule has 1 heterocycles. The number of ether oxygens (including phenoxy) is 2. The maximum absolute atomic E-state index is 14.6. The number of allylic oxidation sites excluding steroid dienone is 4. The Hall–Kier alpha value is -3.73. The van der Waals surface area contributed by atoms with Gasteiger partial charge in [0.25, 0.3) is 0 Å². The zero-order valence-corrected chi connectivity index (χ0v) is 27.3. The smallest absolute Gasteiger partial charge is 0.440 e. The molecule has 1 amide bonds. The lowest BCUT2D eigenvalue weighted by Crippen LogP contribution is -2.67. The minimum Gasteiger partial charge on any atom is -0.440 e. The van der Waals surface area contributed by atoms with Crippen molar-refractivity contribution in [1.82, 2.24) is 4.90 Å². The number of benzene rings is 2. The van der Waals surface area contributed by atoms with Crippen LogP contribution in [0.2, 0.25) is 0 Å². The van der Waals surface area contributed by atoms with Crippen molar-refractivity contribution in [2.45, 2.75) is 83.4 Å². The first kappa shape index (κ1) is 32.5. The molecule has 4 fully saturated rings. The van der Waals surface area contributed by atoms with E-state index in [2.05, 4.69) is 30.7 Å². The van der Waals surface area contributed by atoms with Crippen LogP contribution in [0.15, 0.2) is 66.3 Å². The topological polar surface area (TPSA) is 76.1 Å². The Morgan fingerprint density at radius 1 is 0.959 bits per heavy atom. The molecule has 11 heteroatoms. The van der Waals surface area contributed by atoms with E-state index in [9.17, 15) is 36.6 Å². The molecule has 49 heavy (non-hydrogen) atoms. The van der Waals surface area contributed by atoms with Crippen LogP contribution in [0, 0.1) is 45.1 Å². The number of halogens is 5. The molecule has 8 atom stereocenters. The predicted octanol–water partition coefficient (Wildman–Crippen LogP) is 8.30. The van der Waals surface area contributed by atoms with Crippen molar-refractivity contribution in [2.75, 3.05) is 6.54 Å². The van der Waals surface area contributed by atoms with Gasteiger partial charge in [-0.3, -0.25) is 9.69 Å². The molecule has 6 nitrogen and oxygen atoms in total. The zero-order chi connectivity index (χ0) is 34.8. The summed E-state index contributed by atoms with van der Waals surface area (Å²) in [7, 11) is 0. The third-order valence-corrected chi connectivity index (χ3v) is 13.6. The number of rotatable bonds is 5. The Balaban J connectivity index is 1.16. The molecular formula is C38H38F5NO5. The van der Waals surface area contributed by atoms with E-state index in [1.165, 1.54) is 30.3 Å². The molecular weight excluding hydrogens is 645 g/mol. The number of aliphatic hydroxyl groups excluding tert-OH is 1. The third kappa shape index (κ3) is 4.45. The standard InChI is InChI=1S/C38H38F5NO5/c1-33-12-9-24(45)18-35(33)15-16-37(26(19-35)31(46)23-5-8-27(39)28(40)17-23)29(33)10-13-34(2)30(37)11-14-36(34)21-44(32(47)49-36)20-22-3-6-25(7-4-22)48-38(41,42)43/h3-8,15-17,19,24,29-30,45H,9-14,18,20-21H2,1-2H3/t24-,29+,30+,33+,34-,35-,36+,37+/m0/s1. The summed E-state index contributed by atoms with van der Waals surface area (Å²) in [5.41, 5.74) is -1.76. The van der Waals surface area contributed by atoms with Gasteiger partial charge in [0, 0.05) is 33.9 Å². The van der Waals surface area contributed by atoms with Gasteiger partial charge in [-0.15, -0.1) is 13.2 Å². The number of carbonyl (C=O) groups is 2. The Labute approximate surface area is 280 Å². The maximum Gasteiger partial charge on any atom is 0.573 e. The molecule has 1 aliphatic heterocycles. The van der Waals surface area contributed by atoms with Crippen molar-refractivity contribution in [1.29, 1.82) is 0 Å². The molecule has 3 saturated carbocycles. The minimum atomic E-state index is -4.81. The Kier molecular flexibility index (Phi) is 6.89. The molecule has 3 spiro atoms. The number of ketones is 1. The van der Waals surface area contributed by atoms with Gasteiger partial charge in [0.1, 0.15) is 11.4 Å². The summed E-state index contributed by atoms with van der Waals surface area (Å²) in [4.78, 5) is 29.6. The van der Waals surface area contributed by atoms with Gasteiger partial charge in [-0.25, -0.2) is 13.6 Å². The molecule has 1 saturated heterocycles. The van der Waals surface area contributed by atoms with Gasteiger partial charge in [-0.05, 0) is 98.1 Å². The number of carbonyl (C=O) groups excluding carboxylic acids is 2. The number of fused-ring (bicyclic) bond motifs is 2. The van der Waals surface area contributed by atoms with Crippen LogP contribution in [0.3, 0.4) is 0 Å². The third-order valence-electron chi connectivity index (χ3n) is 13.6. The highest BCUT2D eigenvalue weighted by molar-refractivity contribution is 6.10. The van der Waals surface area contributed by atoms with Gasteiger partial charge in [0.05, 0.1) is 12.6 Å². The highest BCUT2D eigenvalue weighted by Crippen LogP contribution is 2.79. The summed E-state index contributed by atoms with van der Waals surface area (Å²) in [5.74, 6) is -2.92. The molecule has 7 aliphatic rings. The fourth-order valence-electron chi connectivity index (χ4n) is 11.3. The average molecular weight is 684 g/mol. The van der Waals surface area contributed by atoms with Gasteiger partial charge >= 0.3 is 12.5 Å². The first-order valence-electron chi connectivity index (χ1n) is 17.0. The van der Waals surface area contributed by atoms with Crippen LogP contribution in [-0.4, -0.2) is 46.5 Å². The molecule has 0 unspecified atom stereocenters. The van der Waals surface area contributed by atoms with Gasteiger partial charge in [0.2, 0.25) is 0 Å². The maximum atomic E-state index is 14.6. The van der Waals surface area contributed by atoms with E-state index in [0.29, 0.717) is 36.8 Å². The molecule has 0 radical (unpaired) electrons. The molecule has 0 aromatic heterocycles. The Morgan fingerprint density at radius 3 is 2.37 bits per heavy atom. The Bertz CT molecular complexity index is 1810. The van der Waals surface area contributed by atoms with Crippen LogP contribution in [-0.2, 0) is 11.3 Å². The summed E-state index contributed by atoms with van der Waals surface area (Å²) in [6.45, 7) is 4.84. The molecule has 2 aromatic rings. The highest BCUT2D eigenvalue weighted by atomic mass is 19.4. The lowest BCUT2D eigenvalue weighted by atomic mass is 9.32. The fourth-order valence-corrected chi connectivity index (χ4v) is 11.3. The second-order valence-electron chi connectivity index (χ2n) is 15.6. The zero-order valence-electron chi connectivity index (χ0n) is 27.3. The quantitative estimate of drug-likeness (QED) is 0.195. The largest absolute Gasteiger partial charge is 0.573 e. The van der Waals surface area contributed by atoms with Gasteiger partial charge in [-0.1, -0.05) is 44.2 Å². The number of aliphatic hydroxyl groups is 1. The van der Waals surface area contributed by atoms with E-state index in [4.69, 9.17) is 4.74 Å². The van der Waals surface area contributed by atoms with E-state index in [-0.39, 0.29) is 47.4 Å². The predicted molar refractivity (Wildman–Crippen MR) is 167 cm³/mol. The number of hydrogen-bond donors (Lipinski definition) is 1. The normalized spacial score (nSPS) is 38.9. The first-order valence-corrected chi connectivity index (χ1v) is 17.0. The molecule has 2 bridgehead atoms. The average Bonchev–Trinajstić information content (AvgIpc) is 3.52. The van der Waals surface area contributed by atoms with E-state index in [0.717, 1.165) is 31.4 Å². The van der Waals surface area contributed by atoms with Gasteiger partial charge < -0.3 is 14.6 Å². The van der Waals surface area contributed by atoms with Crippen molar-refractivity contribution in [3.63, 3.8) is 0 Å². The SMILES string of the molecule is C[C@]12CC[C@H]3[C@]4(C=C[C@@]5(C=C4C(=O)c4ccc(F)c(F)c4)C[C@@H](O)CC[C@]35C)[C@@H]1CC[C@@]21CN(Cc2ccc(OC(F)(F)F)cc2)C(=O)O1. The number of amides is 1. The lowest BCUT2D eigenvalue weighted by molar-refractivity contribution is -0.274. The monoisotopic (exact) mass is 683 g/mol. The highest BCUT2D eigenvalue weighted by Gasteiger charge is 2.76. The first-order chi connectivity index (χ1) is 23.0. The van der Waals surface area contributed by atoms with Crippen LogP contribution in [0.5, 0.6) is 5.75 Å². The molecule has 2 aromatic carbocycles. The van der Waals surface area contributed by atoms with Crippen molar-refractivity contribution in [3.8, 4) is 5.75 Å². The second-order valence-corrected chi connectivity index (χ2v) is 15.6. The van der Waals surface area contributed by atoms with Crippen LogP contribution >= 0.6 is 0 Å². The van der Waals surface area contributed by atoms with E-state index >= 15 is 0 Å². The van der Waals surface area contributed by atoms with E-state index in [1.54, 1.807) is 4.90 Å². The molecule has 1 N–H and O–H groups in total. The van der Waals surface area contributed by atoms with E-state index < -0.39 is 52.0 Å². The second kappa shape index (κ2) is 10.4. The summed E-state index contributed by atoms with van der Waals surface area (Å²) in [5, 5.41) is 10.9. The molecule has 6 aliphatic carbocycles. The summed E-state index contributed by atoms with van der Waals surface area (Å²) in [6.07, 6.45) is 5.16. The van der Waals surface area contributed by atoms with Crippen molar-refractivity contribution < 1.29 is 46.1 Å².